The fourth-order valence-corrected chi connectivity index (χ4v) is 3.50. The summed E-state index contributed by atoms with van der Waals surface area (Å²) in [4.78, 5) is 17.2. The molecule has 3 aromatic rings. The SMILES string of the molecule is CN1CCN(CCOc2ccc3cc(-c4ccc(Cl)cc4)c(=O)oc3c2)CC1. The molecule has 1 saturated heterocycles. The predicted octanol–water partition coefficient (Wildman–Crippen LogP) is 3.74. The summed E-state index contributed by atoms with van der Waals surface area (Å²) in [6.07, 6.45) is 0. The predicted molar refractivity (Wildman–Crippen MR) is 112 cm³/mol. The summed E-state index contributed by atoms with van der Waals surface area (Å²) in [5.74, 6) is 0.712. The van der Waals surface area contributed by atoms with Crippen LogP contribution in [0.25, 0.3) is 22.1 Å². The maximum Gasteiger partial charge on any atom is 0.344 e. The lowest BCUT2D eigenvalue weighted by Crippen LogP contribution is -2.45. The fraction of sp³-hybridized carbons (Fsp3) is 0.318. The van der Waals surface area contributed by atoms with Crippen LogP contribution in [0, 0.1) is 0 Å². The van der Waals surface area contributed by atoms with Gasteiger partial charge in [-0.15, -0.1) is 0 Å². The van der Waals surface area contributed by atoms with E-state index in [1.165, 1.54) is 0 Å². The van der Waals surface area contributed by atoms with Gasteiger partial charge in [0.2, 0.25) is 0 Å². The number of piperazine rings is 1. The molecule has 0 atom stereocenters. The third-order valence-electron chi connectivity index (χ3n) is 5.13. The first-order valence-corrected chi connectivity index (χ1v) is 9.84. The monoisotopic (exact) mass is 398 g/mol. The molecular formula is C22H23ClN2O3. The molecule has 1 aliphatic heterocycles. The van der Waals surface area contributed by atoms with E-state index < -0.39 is 0 Å². The molecule has 6 heteroatoms. The van der Waals surface area contributed by atoms with Crippen molar-refractivity contribution in [3.8, 4) is 16.9 Å². The van der Waals surface area contributed by atoms with Crippen molar-refractivity contribution in [1.29, 1.82) is 0 Å². The molecule has 0 saturated carbocycles. The summed E-state index contributed by atoms with van der Waals surface area (Å²) in [5, 5.41) is 1.49. The van der Waals surface area contributed by atoms with Gasteiger partial charge in [-0.3, -0.25) is 4.90 Å². The van der Waals surface area contributed by atoms with Gasteiger partial charge in [-0.05, 0) is 42.9 Å². The molecule has 0 spiro atoms. The second-order valence-electron chi connectivity index (χ2n) is 7.15. The number of nitrogens with zero attached hydrogens (tertiary/aromatic N) is 2. The van der Waals surface area contributed by atoms with E-state index in [0.717, 1.165) is 43.7 Å². The quantitative estimate of drug-likeness (QED) is 0.613. The van der Waals surface area contributed by atoms with Gasteiger partial charge < -0.3 is 14.1 Å². The Morgan fingerprint density at radius 1 is 1.04 bits per heavy atom. The Morgan fingerprint density at radius 3 is 2.54 bits per heavy atom. The molecule has 1 fully saturated rings. The summed E-state index contributed by atoms with van der Waals surface area (Å²) in [6, 6.07) is 14.6. The van der Waals surface area contributed by atoms with Gasteiger partial charge in [0.25, 0.3) is 0 Å². The number of benzene rings is 2. The molecule has 146 valence electrons. The molecule has 5 nitrogen and oxygen atoms in total. The molecule has 1 aromatic heterocycles. The van der Waals surface area contributed by atoms with Crippen LogP contribution in [0.5, 0.6) is 5.75 Å². The zero-order valence-corrected chi connectivity index (χ0v) is 16.6. The van der Waals surface area contributed by atoms with Crippen molar-refractivity contribution in [3.05, 3.63) is 64.0 Å². The van der Waals surface area contributed by atoms with Gasteiger partial charge in [0.05, 0.1) is 5.56 Å². The molecule has 4 rings (SSSR count). The van der Waals surface area contributed by atoms with E-state index in [4.69, 9.17) is 20.8 Å². The Labute approximate surface area is 169 Å². The topological polar surface area (TPSA) is 45.9 Å². The van der Waals surface area contributed by atoms with Crippen molar-refractivity contribution in [1.82, 2.24) is 9.80 Å². The number of halogens is 1. The van der Waals surface area contributed by atoms with E-state index in [9.17, 15) is 4.79 Å². The molecule has 0 N–H and O–H groups in total. The second kappa shape index (κ2) is 8.35. The van der Waals surface area contributed by atoms with E-state index in [1.54, 1.807) is 18.2 Å². The number of hydrogen-bond donors (Lipinski definition) is 0. The Balaban J connectivity index is 1.46. The molecule has 2 aromatic carbocycles. The Bertz CT molecular complexity index is 1010. The lowest BCUT2D eigenvalue weighted by Gasteiger charge is -2.32. The van der Waals surface area contributed by atoms with E-state index in [0.29, 0.717) is 28.5 Å². The standard InChI is InChI=1S/C22H23ClN2O3/c1-24-8-10-25(11-9-24)12-13-27-19-7-4-17-14-20(22(26)28-21(17)15-19)16-2-5-18(23)6-3-16/h2-7,14-15H,8-13H2,1H3. The average Bonchev–Trinajstić information content (AvgIpc) is 2.70. The first-order chi connectivity index (χ1) is 13.6. The smallest absolute Gasteiger partial charge is 0.344 e. The van der Waals surface area contributed by atoms with Crippen LogP contribution in [-0.4, -0.2) is 56.2 Å². The van der Waals surface area contributed by atoms with Crippen LogP contribution in [0.3, 0.4) is 0 Å². The van der Waals surface area contributed by atoms with Gasteiger partial charge >= 0.3 is 5.63 Å². The van der Waals surface area contributed by atoms with Gasteiger partial charge in [0, 0.05) is 49.2 Å². The van der Waals surface area contributed by atoms with Crippen LogP contribution in [0.2, 0.25) is 5.02 Å². The highest BCUT2D eigenvalue weighted by molar-refractivity contribution is 6.30. The van der Waals surface area contributed by atoms with E-state index in [2.05, 4.69) is 16.8 Å². The number of fused-ring (bicyclic) bond motifs is 1. The molecular weight excluding hydrogens is 376 g/mol. The summed E-state index contributed by atoms with van der Waals surface area (Å²) in [6.45, 7) is 5.83. The number of likely N-dealkylation sites (N-methyl/N-ethyl adjacent to an activating group) is 1. The summed E-state index contributed by atoms with van der Waals surface area (Å²) in [5.41, 5.74) is 1.46. The highest BCUT2D eigenvalue weighted by Crippen LogP contribution is 2.25. The van der Waals surface area contributed by atoms with Crippen LogP contribution in [-0.2, 0) is 0 Å². The fourth-order valence-electron chi connectivity index (χ4n) is 3.38. The zero-order valence-electron chi connectivity index (χ0n) is 15.9. The second-order valence-corrected chi connectivity index (χ2v) is 7.58. The summed E-state index contributed by atoms with van der Waals surface area (Å²) >= 11 is 5.93. The molecule has 0 bridgehead atoms. The number of ether oxygens (including phenoxy) is 1. The van der Waals surface area contributed by atoms with Crippen LogP contribution in [0.15, 0.2) is 57.7 Å². The Kier molecular flexibility index (Phi) is 5.67. The minimum absolute atomic E-state index is 0.371. The average molecular weight is 399 g/mol. The normalized spacial score (nSPS) is 15.8. The molecule has 0 aliphatic carbocycles. The van der Waals surface area contributed by atoms with Gasteiger partial charge in [-0.25, -0.2) is 4.79 Å². The minimum atomic E-state index is -0.371. The van der Waals surface area contributed by atoms with Crippen molar-refractivity contribution < 1.29 is 9.15 Å². The summed E-state index contributed by atoms with van der Waals surface area (Å²) in [7, 11) is 2.15. The maximum absolute atomic E-state index is 12.4. The molecule has 2 heterocycles. The third kappa shape index (κ3) is 4.38. The van der Waals surface area contributed by atoms with Crippen molar-refractivity contribution >= 4 is 22.6 Å². The van der Waals surface area contributed by atoms with E-state index >= 15 is 0 Å². The Hall–Kier alpha value is -2.34. The first kappa shape index (κ1) is 19.0. The number of rotatable bonds is 5. The van der Waals surface area contributed by atoms with Crippen LogP contribution in [0.4, 0.5) is 0 Å². The maximum atomic E-state index is 12.4. The first-order valence-electron chi connectivity index (χ1n) is 9.46. The van der Waals surface area contributed by atoms with Crippen LogP contribution in [0.1, 0.15) is 0 Å². The van der Waals surface area contributed by atoms with Gasteiger partial charge in [-0.2, -0.15) is 0 Å². The van der Waals surface area contributed by atoms with Crippen molar-refractivity contribution in [2.45, 2.75) is 0 Å². The van der Waals surface area contributed by atoms with E-state index in [1.807, 2.05) is 30.3 Å². The summed E-state index contributed by atoms with van der Waals surface area (Å²) < 4.78 is 11.4. The zero-order chi connectivity index (χ0) is 19.5. The highest BCUT2D eigenvalue weighted by Gasteiger charge is 2.13. The van der Waals surface area contributed by atoms with Gasteiger partial charge in [0.15, 0.2) is 0 Å². The van der Waals surface area contributed by atoms with Crippen molar-refractivity contribution in [2.75, 3.05) is 46.4 Å². The molecule has 1 aliphatic rings. The minimum Gasteiger partial charge on any atom is -0.492 e. The van der Waals surface area contributed by atoms with Crippen molar-refractivity contribution in [3.63, 3.8) is 0 Å². The van der Waals surface area contributed by atoms with Crippen molar-refractivity contribution in [2.24, 2.45) is 0 Å². The largest absolute Gasteiger partial charge is 0.492 e. The molecule has 0 radical (unpaired) electrons. The van der Waals surface area contributed by atoms with Gasteiger partial charge in [-0.1, -0.05) is 23.7 Å². The lowest BCUT2D eigenvalue weighted by molar-refractivity contribution is 0.134. The van der Waals surface area contributed by atoms with Crippen LogP contribution >= 0.6 is 11.6 Å². The van der Waals surface area contributed by atoms with E-state index in [-0.39, 0.29) is 5.63 Å². The molecule has 0 unspecified atom stereocenters. The number of hydrogen-bond acceptors (Lipinski definition) is 5. The highest BCUT2D eigenvalue weighted by atomic mass is 35.5. The van der Waals surface area contributed by atoms with Gasteiger partial charge in [0.1, 0.15) is 17.9 Å². The van der Waals surface area contributed by atoms with Crippen LogP contribution < -0.4 is 10.4 Å². The Morgan fingerprint density at radius 2 is 1.79 bits per heavy atom. The third-order valence-corrected chi connectivity index (χ3v) is 5.39. The molecule has 28 heavy (non-hydrogen) atoms. The lowest BCUT2D eigenvalue weighted by atomic mass is 10.1. The molecule has 0 amide bonds.